The quantitative estimate of drug-likeness (QED) is 0.329. The Labute approximate surface area is 114 Å². The van der Waals surface area contributed by atoms with Crippen LogP contribution < -0.4 is 0 Å². The summed E-state index contributed by atoms with van der Waals surface area (Å²) in [6.45, 7) is 10.1. The summed E-state index contributed by atoms with van der Waals surface area (Å²) in [4.78, 5) is 0. The summed E-state index contributed by atoms with van der Waals surface area (Å²) in [7, 11) is 0. The second-order valence-corrected chi connectivity index (χ2v) is 5.04. The summed E-state index contributed by atoms with van der Waals surface area (Å²) in [6, 6.07) is 0. The molecule has 0 saturated heterocycles. The molecule has 0 saturated carbocycles. The van der Waals surface area contributed by atoms with Gasteiger partial charge in [-0.25, -0.2) is 0 Å². The molecule has 0 heterocycles. The first kappa shape index (κ1) is 17.9. The highest BCUT2D eigenvalue weighted by Crippen LogP contribution is 2.28. The largest absolute Gasteiger partial charge is 0.350 e. The molecule has 0 unspecified atom stereocenters. The van der Waals surface area contributed by atoms with Gasteiger partial charge in [-0.2, -0.15) is 0 Å². The van der Waals surface area contributed by atoms with E-state index in [1.165, 1.54) is 44.9 Å². The number of hydrogen-bond acceptors (Lipinski definition) is 2. The molecule has 0 amide bonds. The van der Waals surface area contributed by atoms with E-state index in [0.717, 1.165) is 26.1 Å². The summed E-state index contributed by atoms with van der Waals surface area (Å²) < 4.78 is 11.9. The SMILES string of the molecule is CCCCCCC(CCCCC)(OCC)OCC. The van der Waals surface area contributed by atoms with E-state index in [4.69, 9.17) is 9.47 Å². The van der Waals surface area contributed by atoms with Crippen LogP contribution in [0.2, 0.25) is 0 Å². The van der Waals surface area contributed by atoms with Crippen molar-refractivity contribution in [3.05, 3.63) is 0 Å². The molecule has 0 spiro atoms. The zero-order valence-corrected chi connectivity index (χ0v) is 13.1. The van der Waals surface area contributed by atoms with Gasteiger partial charge in [0.05, 0.1) is 0 Å². The number of rotatable bonds is 13. The third-order valence-corrected chi connectivity index (χ3v) is 3.39. The van der Waals surface area contributed by atoms with Gasteiger partial charge in [-0.3, -0.25) is 0 Å². The maximum absolute atomic E-state index is 5.97. The molecule has 0 N–H and O–H groups in total. The van der Waals surface area contributed by atoms with Gasteiger partial charge >= 0.3 is 0 Å². The molecule has 0 aromatic heterocycles. The Morgan fingerprint density at radius 2 is 1.06 bits per heavy atom. The maximum Gasteiger partial charge on any atom is 0.168 e. The fourth-order valence-corrected chi connectivity index (χ4v) is 2.45. The van der Waals surface area contributed by atoms with Crippen LogP contribution in [0.25, 0.3) is 0 Å². The van der Waals surface area contributed by atoms with Crippen LogP contribution in [-0.4, -0.2) is 19.0 Å². The van der Waals surface area contributed by atoms with Crippen molar-refractivity contribution in [1.82, 2.24) is 0 Å². The molecule has 110 valence electrons. The lowest BCUT2D eigenvalue weighted by atomic mass is 10.00. The second kappa shape index (κ2) is 12.0. The third-order valence-electron chi connectivity index (χ3n) is 3.39. The van der Waals surface area contributed by atoms with Crippen molar-refractivity contribution in [2.45, 2.75) is 91.3 Å². The molecule has 2 heteroatoms. The topological polar surface area (TPSA) is 18.5 Å². The number of hydrogen-bond donors (Lipinski definition) is 0. The number of unbranched alkanes of at least 4 members (excludes halogenated alkanes) is 5. The molecule has 0 atom stereocenters. The van der Waals surface area contributed by atoms with Crippen LogP contribution in [0.1, 0.15) is 85.5 Å². The molecule has 0 aliphatic carbocycles. The highest BCUT2D eigenvalue weighted by molar-refractivity contribution is 4.70. The Morgan fingerprint density at radius 3 is 1.50 bits per heavy atom. The molecule has 0 rings (SSSR count). The first-order valence-corrected chi connectivity index (χ1v) is 8.02. The first-order valence-electron chi connectivity index (χ1n) is 8.02. The van der Waals surface area contributed by atoms with Crippen molar-refractivity contribution in [2.24, 2.45) is 0 Å². The minimum Gasteiger partial charge on any atom is -0.350 e. The van der Waals surface area contributed by atoms with Crippen molar-refractivity contribution in [2.75, 3.05) is 13.2 Å². The van der Waals surface area contributed by atoms with Gasteiger partial charge in [0.1, 0.15) is 0 Å². The van der Waals surface area contributed by atoms with Crippen LogP contribution in [-0.2, 0) is 9.47 Å². The zero-order chi connectivity index (χ0) is 13.7. The standard InChI is InChI=1S/C16H34O2/c1-5-9-11-13-15-16(17-7-3,18-8-4)14-12-10-6-2/h5-15H2,1-4H3. The summed E-state index contributed by atoms with van der Waals surface area (Å²) in [6.07, 6.45) is 11.0. The Kier molecular flexibility index (Phi) is 11.9. The normalized spacial score (nSPS) is 12.0. The van der Waals surface area contributed by atoms with E-state index < -0.39 is 0 Å². The van der Waals surface area contributed by atoms with E-state index in [1.807, 2.05) is 0 Å². The molecular weight excluding hydrogens is 224 g/mol. The second-order valence-electron chi connectivity index (χ2n) is 5.04. The molecule has 0 aliphatic rings. The molecule has 0 radical (unpaired) electrons. The summed E-state index contributed by atoms with van der Waals surface area (Å²) in [5, 5.41) is 0. The van der Waals surface area contributed by atoms with Crippen molar-refractivity contribution in [3.8, 4) is 0 Å². The molecule has 0 aromatic rings. The Balaban J connectivity index is 4.23. The lowest BCUT2D eigenvalue weighted by molar-refractivity contribution is -0.242. The summed E-state index contributed by atoms with van der Waals surface area (Å²) >= 11 is 0. The van der Waals surface area contributed by atoms with E-state index in [2.05, 4.69) is 27.7 Å². The molecular formula is C16H34O2. The summed E-state index contributed by atoms with van der Waals surface area (Å²) in [5.74, 6) is -0.299. The molecule has 0 aliphatic heterocycles. The molecule has 2 nitrogen and oxygen atoms in total. The van der Waals surface area contributed by atoms with Gasteiger partial charge < -0.3 is 9.47 Å². The van der Waals surface area contributed by atoms with Crippen molar-refractivity contribution in [1.29, 1.82) is 0 Å². The van der Waals surface area contributed by atoms with E-state index in [0.29, 0.717) is 0 Å². The van der Waals surface area contributed by atoms with E-state index in [-0.39, 0.29) is 5.79 Å². The van der Waals surface area contributed by atoms with Gasteiger partial charge in [-0.1, -0.05) is 46.0 Å². The van der Waals surface area contributed by atoms with Gasteiger partial charge in [0.15, 0.2) is 5.79 Å². The Morgan fingerprint density at radius 1 is 0.611 bits per heavy atom. The number of ether oxygens (including phenoxy) is 2. The fourth-order valence-electron chi connectivity index (χ4n) is 2.45. The minimum atomic E-state index is -0.299. The van der Waals surface area contributed by atoms with Crippen molar-refractivity contribution < 1.29 is 9.47 Å². The lowest BCUT2D eigenvalue weighted by Gasteiger charge is -2.33. The van der Waals surface area contributed by atoms with Gasteiger partial charge in [-0.15, -0.1) is 0 Å². The monoisotopic (exact) mass is 258 g/mol. The van der Waals surface area contributed by atoms with Gasteiger partial charge in [-0.05, 0) is 26.7 Å². The predicted octanol–water partition coefficient (Wildman–Crippen LogP) is 5.31. The average Bonchev–Trinajstić information content (AvgIpc) is 2.36. The lowest BCUT2D eigenvalue weighted by Crippen LogP contribution is -2.36. The molecule has 0 aromatic carbocycles. The Hall–Kier alpha value is -0.0800. The molecule has 0 bridgehead atoms. The maximum atomic E-state index is 5.97. The van der Waals surface area contributed by atoms with E-state index in [1.54, 1.807) is 0 Å². The van der Waals surface area contributed by atoms with Crippen LogP contribution in [0, 0.1) is 0 Å². The van der Waals surface area contributed by atoms with Crippen LogP contribution >= 0.6 is 0 Å². The summed E-state index contributed by atoms with van der Waals surface area (Å²) in [5.41, 5.74) is 0. The molecule has 18 heavy (non-hydrogen) atoms. The predicted molar refractivity (Wildman–Crippen MR) is 78.9 cm³/mol. The average molecular weight is 258 g/mol. The van der Waals surface area contributed by atoms with Crippen LogP contribution in [0.3, 0.4) is 0 Å². The van der Waals surface area contributed by atoms with Crippen molar-refractivity contribution in [3.63, 3.8) is 0 Å². The van der Waals surface area contributed by atoms with Gasteiger partial charge in [0.2, 0.25) is 0 Å². The van der Waals surface area contributed by atoms with Gasteiger partial charge in [0, 0.05) is 26.1 Å². The van der Waals surface area contributed by atoms with E-state index in [9.17, 15) is 0 Å². The minimum absolute atomic E-state index is 0.299. The highest BCUT2D eigenvalue weighted by Gasteiger charge is 2.29. The fraction of sp³-hybridized carbons (Fsp3) is 1.00. The third kappa shape index (κ3) is 8.10. The van der Waals surface area contributed by atoms with Crippen LogP contribution in [0.5, 0.6) is 0 Å². The Bertz CT molecular complexity index is 162. The first-order chi connectivity index (χ1) is 8.74. The van der Waals surface area contributed by atoms with Crippen LogP contribution in [0.15, 0.2) is 0 Å². The van der Waals surface area contributed by atoms with Crippen LogP contribution in [0.4, 0.5) is 0 Å². The molecule has 0 fully saturated rings. The van der Waals surface area contributed by atoms with Crippen molar-refractivity contribution >= 4 is 0 Å². The highest BCUT2D eigenvalue weighted by atomic mass is 16.7. The zero-order valence-electron chi connectivity index (χ0n) is 13.1. The van der Waals surface area contributed by atoms with Gasteiger partial charge in [0.25, 0.3) is 0 Å². The van der Waals surface area contributed by atoms with E-state index >= 15 is 0 Å². The smallest absolute Gasteiger partial charge is 0.168 e.